The quantitative estimate of drug-likeness (QED) is 0.830. The summed E-state index contributed by atoms with van der Waals surface area (Å²) < 4.78 is 14.8. The van der Waals surface area contributed by atoms with Crippen molar-refractivity contribution in [2.24, 2.45) is 0 Å². The zero-order valence-electron chi connectivity index (χ0n) is 9.93. The Morgan fingerprint density at radius 3 is 2.72 bits per heavy atom. The van der Waals surface area contributed by atoms with Crippen molar-refractivity contribution in [3.05, 3.63) is 54.9 Å². The van der Waals surface area contributed by atoms with Gasteiger partial charge >= 0.3 is 0 Å². The van der Waals surface area contributed by atoms with E-state index >= 15 is 0 Å². The van der Waals surface area contributed by atoms with Crippen molar-refractivity contribution in [2.45, 2.75) is 13.0 Å². The van der Waals surface area contributed by atoms with Crippen molar-refractivity contribution < 1.29 is 4.39 Å². The molecule has 0 amide bonds. The summed E-state index contributed by atoms with van der Waals surface area (Å²) in [6, 6.07) is 4.70. The van der Waals surface area contributed by atoms with E-state index < -0.39 is 0 Å². The van der Waals surface area contributed by atoms with Crippen LogP contribution in [-0.2, 0) is 0 Å². The Morgan fingerprint density at radius 1 is 1.44 bits per heavy atom. The molecule has 1 heterocycles. The minimum atomic E-state index is -0.236. The third kappa shape index (κ3) is 2.62. The van der Waals surface area contributed by atoms with Crippen LogP contribution in [0.1, 0.15) is 22.0 Å². The zero-order valence-corrected chi connectivity index (χ0v) is 13.1. The average molecular weight is 349 g/mol. The Kier molecular flexibility index (Phi) is 4.43. The van der Waals surface area contributed by atoms with Crippen LogP contribution in [0.4, 0.5) is 4.39 Å². The number of aryl methyl sites for hydroxylation is 1. The van der Waals surface area contributed by atoms with E-state index in [-0.39, 0.29) is 11.9 Å². The topological polar surface area (TPSA) is 12.0 Å². The first kappa shape index (κ1) is 14.0. The third-order valence-corrected chi connectivity index (χ3v) is 5.02. The highest BCUT2D eigenvalue weighted by Gasteiger charge is 2.21. The van der Waals surface area contributed by atoms with E-state index in [1.165, 1.54) is 6.07 Å². The first-order valence-electron chi connectivity index (χ1n) is 5.40. The molecule has 0 spiro atoms. The van der Waals surface area contributed by atoms with Crippen molar-refractivity contribution in [3.8, 4) is 0 Å². The molecule has 18 heavy (non-hydrogen) atoms. The van der Waals surface area contributed by atoms with Crippen LogP contribution in [0.2, 0.25) is 5.02 Å². The molecule has 2 aromatic rings. The van der Waals surface area contributed by atoms with E-state index in [0.717, 1.165) is 14.9 Å². The molecule has 0 saturated heterocycles. The minimum Gasteiger partial charge on any atom is -0.309 e. The SMILES string of the molecule is CNC(c1cc(Br)ccc1F)c1scc(C)c1Cl. The Balaban J connectivity index is 2.51. The van der Waals surface area contributed by atoms with Gasteiger partial charge in [-0.2, -0.15) is 0 Å². The number of benzene rings is 1. The molecule has 1 aromatic heterocycles. The molecule has 0 saturated carbocycles. The molecule has 96 valence electrons. The summed E-state index contributed by atoms with van der Waals surface area (Å²) >= 11 is 11.2. The van der Waals surface area contributed by atoms with Gasteiger partial charge in [0, 0.05) is 14.9 Å². The largest absolute Gasteiger partial charge is 0.309 e. The van der Waals surface area contributed by atoms with Crippen LogP contribution in [-0.4, -0.2) is 7.05 Å². The van der Waals surface area contributed by atoms with Gasteiger partial charge in [-0.1, -0.05) is 27.5 Å². The lowest BCUT2D eigenvalue weighted by Crippen LogP contribution is -2.18. The first-order valence-corrected chi connectivity index (χ1v) is 7.45. The summed E-state index contributed by atoms with van der Waals surface area (Å²) in [6.45, 7) is 1.95. The molecule has 0 bridgehead atoms. The van der Waals surface area contributed by atoms with Gasteiger partial charge in [0.25, 0.3) is 0 Å². The van der Waals surface area contributed by atoms with Crippen molar-refractivity contribution in [1.82, 2.24) is 5.32 Å². The van der Waals surface area contributed by atoms with Crippen LogP contribution in [0.3, 0.4) is 0 Å². The molecule has 5 heteroatoms. The summed E-state index contributed by atoms with van der Waals surface area (Å²) in [7, 11) is 1.80. The molecule has 2 rings (SSSR count). The van der Waals surface area contributed by atoms with Gasteiger partial charge in [0.15, 0.2) is 0 Å². The Bertz CT molecular complexity index is 570. The highest BCUT2D eigenvalue weighted by Crippen LogP contribution is 2.36. The van der Waals surface area contributed by atoms with Gasteiger partial charge in [-0.05, 0) is 43.1 Å². The predicted molar refractivity (Wildman–Crippen MR) is 79.1 cm³/mol. The Morgan fingerprint density at radius 2 is 2.17 bits per heavy atom. The molecule has 1 unspecified atom stereocenters. The molecule has 0 fully saturated rings. The van der Waals surface area contributed by atoms with E-state index in [4.69, 9.17) is 11.6 Å². The molecule has 1 nitrogen and oxygen atoms in total. The molecule has 1 atom stereocenters. The van der Waals surface area contributed by atoms with E-state index in [0.29, 0.717) is 10.6 Å². The van der Waals surface area contributed by atoms with Crippen molar-refractivity contribution in [2.75, 3.05) is 7.05 Å². The summed E-state index contributed by atoms with van der Waals surface area (Å²) in [5.74, 6) is -0.236. The number of thiophene rings is 1. The number of halogens is 3. The van der Waals surface area contributed by atoms with Gasteiger partial charge in [-0.25, -0.2) is 4.39 Å². The van der Waals surface area contributed by atoms with Gasteiger partial charge in [-0.3, -0.25) is 0 Å². The van der Waals surface area contributed by atoms with Crippen LogP contribution >= 0.6 is 38.9 Å². The first-order chi connectivity index (χ1) is 8.54. The standard InChI is InChI=1S/C13H12BrClFNS/c1-7-6-18-13(11(7)15)12(17-2)9-5-8(14)3-4-10(9)16/h3-6,12,17H,1-2H3. The van der Waals surface area contributed by atoms with E-state index in [9.17, 15) is 4.39 Å². The molecule has 0 radical (unpaired) electrons. The lowest BCUT2D eigenvalue weighted by Gasteiger charge is -2.17. The maximum Gasteiger partial charge on any atom is 0.128 e. The maximum absolute atomic E-state index is 13.9. The normalized spacial score (nSPS) is 12.7. The zero-order chi connectivity index (χ0) is 13.3. The van der Waals surface area contributed by atoms with Crippen LogP contribution in [0.25, 0.3) is 0 Å². The van der Waals surface area contributed by atoms with Crippen LogP contribution < -0.4 is 5.32 Å². The summed E-state index contributed by atoms with van der Waals surface area (Å²) in [4.78, 5) is 0.939. The van der Waals surface area contributed by atoms with E-state index in [1.807, 2.05) is 12.3 Å². The predicted octanol–water partition coefficient (Wildman–Crippen LogP) is 4.92. The second-order valence-electron chi connectivity index (χ2n) is 3.98. The van der Waals surface area contributed by atoms with E-state index in [2.05, 4.69) is 21.2 Å². The number of rotatable bonds is 3. The fourth-order valence-corrected chi connectivity index (χ4v) is 3.62. The van der Waals surface area contributed by atoms with Gasteiger partial charge in [-0.15, -0.1) is 11.3 Å². The lowest BCUT2D eigenvalue weighted by molar-refractivity contribution is 0.579. The van der Waals surface area contributed by atoms with Crippen molar-refractivity contribution >= 4 is 38.9 Å². The molecule has 1 N–H and O–H groups in total. The van der Waals surface area contributed by atoms with Crippen molar-refractivity contribution in [1.29, 1.82) is 0 Å². The summed E-state index contributed by atoms with van der Waals surface area (Å²) in [5, 5.41) is 5.81. The van der Waals surface area contributed by atoms with Crippen molar-refractivity contribution in [3.63, 3.8) is 0 Å². The Labute approximate surface area is 123 Å². The number of hydrogen-bond donors (Lipinski definition) is 1. The molecule has 1 aromatic carbocycles. The average Bonchev–Trinajstić information content (AvgIpc) is 2.67. The highest BCUT2D eigenvalue weighted by molar-refractivity contribution is 9.10. The summed E-state index contributed by atoms with van der Waals surface area (Å²) in [6.07, 6.45) is 0. The molecule has 0 aliphatic carbocycles. The maximum atomic E-state index is 13.9. The highest BCUT2D eigenvalue weighted by atomic mass is 79.9. The monoisotopic (exact) mass is 347 g/mol. The van der Waals surface area contributed by atoms with E-state index in [1.54, 1.807) is 30.5 Å². The van der Waals surface area contributed by atoms with Gasteiger partial charge in [0.1, 0.15) is 5.82 Å². The molecular formula is C13H12BrClFNS. The summed E-state index contributed by atoms with van der Waals surface area (Å²) in [5.41, 5.74) is 1.61. The number of nitrogens with one attached hydrogen (secondary N) is 1. The number of hydrogen-bond acceptors (Lipinski definition) is 2. The van der Waals surface area contributed by atoms with Gasteiger partial charge < -0.3 is 5.32 Å². The fourth-order valence-electron chi connectivity index (χ4n) is 1.81. The second kappa shape index (κ2) is 5.70. The fraction of sp³-hybridized carbons (Fsp3) is 0.231. The van der Waals surface area contributed by atoms with Crippen LogP contribution in [0, 0.1) is 12.7 Å². The molecule has 0 aliphatic heterocycles. The van der Waals surface area contributed by atoms with Crippen LogP contribution in [0.5, 0.6) is 0 Å². The minimum absolute atomic E-state index is 0.228. The molecular weight excluding hydrogens is 337 g/mol. The molecule has 0 aliphatic rings. The smallest absolute Gasteiger partial charge is 0.128 e. The lowest BCUT2D eigenvalue weighted by atomic mass is 10.0. The van der Waals surface area contributed by atoms with Gasteiger partial charge in [0.2, 0.25) is 0 Å². The third-order valence-electron chi connectivity index (χ3n) is 2.75. The second-order valence-corrected chi connectivity index (χ2v) is 6.19. The van der Waals surface area contributed by atoms with Gasteiger partial charge in [0.05, 0.1) is 11.1 Å². The Hall–Kier alpha value is -0.420. The van der Waals surface area contributed by atoms with Crippen LogP contribution in [0.15, 0.2) is 28.1 Å².